The Morgan fingerprint density at radius 2 is 2.00 bits per heavy atom. The van der Waals surface area contributed by atoms with Crippen LogP contribution in [0.25, 0.3) is 11.3 Å². The van der Waals surface area contributed by atoms with E-state index in [9.17, 15) is 9.18 Å². The number of nitrogens with two attached hydrogens (primary N) is 1. The second-order valence-electron chi connectivity index (χ2n) is 2.93. The Hall–Kier alpha value is -1.75. The number of aromatic nitrogens is 1. The third-order valence-corrected chi connectivity index (χ3v) is 2.77. The van der Waals surface area contributed by atoms with Gasteiger partial charge < -0.3 is 5.73 Å². The van der Waals surface area contributed by atoms with Crippen molar-refractivity contribution in [3.8, 4) is 11.3 Å². The van der Waals surface area contributed by atoms with Gasteiger partial charge in [-0.25, -0.2) is 4.39 Å². The average Bonchev–Trinajstić information content (AvgIpc) is 2.61. The zero-order chi connectivity index (χ0) is 10.8. The molecule has 1 aromatic carbocycles. The Labute approximate surface area is 89.5 Å². The van der Waals surface area contributed by atoms with Crippen molar-refractivity contribution < 1.29 is 9.18 Å². The smallest absolute Gasteiger partial charge is 0.163 e. The van der Waals surface area contributed by atoms with Crippen LogP contribution in [0.1, 0.15) is 9.67 Å². The number of halogens is 1. The molecule has 0 spiro atoms. The van der Waals surface area contributed by atoms with Gasteiger partial charge in [0.25, 0.3) is 0 Å². The lowest BCUT2D eigenvalue weighted by Crippen LogP contribution is -1.90. The molecule has 0 saturated carbocycles. The third kappa shape index (κ3) is 1.73. The molecule has 0 aliphatic rings. The van der Waals surface area contributed by atoms with Crippen molar-refractivity contribution in [1.82, 2.24) is 4.37 Å². The molecule has 0 bridgehead atoms. The number of hydrogen-bond donors (Lipinski definition) is 1. The first-order valence-corrected chi connectivity index (χ1v) is 4.96. The SMILES string of the molecule is Nc1c(-c2ccc(F)cc2)nsc1C=O. The Bertz CT molecular complexity index is 493. The molecule has 1 heterocycles. The number of aldehydes is 1. The van der Waals surface area contributed by atoms with Crippen molar-refractivity contribution >= 4 is 23.5 Å². The molecular formula is C10H7FN2OS. The topological polar surface area (TPSA) is 56.0 Å². The lowest BCUT2D eigenvalue weighted by Gasteiger charge is -1.97. The fourth-order valence-electron chi connectivity index (χ4n) is 1.21. The van der Waals surface area contributed by atoms with Gasteiger partial charge in [-0.1, -0.05) is 0 Å². The summed E-state index contributed by atoms with van der Waals surface area (Å²) < 4.78 is 16.7. The van der Waals surface area contributed by atoms with Crippen LogP contribution < -0.4 is 5.73 Å². The molecule has 0 amide bonds. The van der Waals surface area contributed by atoms with Crippen LogP contribution in [0, 0.1) is 5.82 Å². The van der Waals surface area contributed by atoms with Crippen LogP contribution in [0.5, 0.6) is 0 Å². The molecule has 5 heteroatoms. The van der Waals surface area contributed by atoms with Crippen LogP contribution in [-0.4, -0.2) is 10.7 Å². The molecular weight excluding hydrogens is 215 g/mol. The van der Waals surface area contributed by atoms with Crippen molar-refractivity contribution in [2.24, 2.45) is 0 Å². The summed E-state index contributed by atoms with van der Waals surface area (Å²) in [6, 6.07) is 5.81. The van der Waals surface area contributed by atoms with Crippen molar-refractivity contribution in [2.75, 3.05) is 5.73 Å². The van der Waals surface area contributed by atoms with E-state index in [4.69, 9.17) is 5.73 Å². The van der Waals surface area contributed by atoms with Crippen molar-refractivity contribution in [2.45, 2.75) is 0 Å². The van der Waals surface area contributed by atoms with Crippen LogP contribution in [0.3, 0.4) is 0 Å². The van der Waals surface area contributed by atoms with Gasteiger partial charge >= 0.3 is 0 Å². The summed E-state index contributed by atoms with van der Waals surface area (Å²) in [5.74, 6) is -0.317. The lowest BCUT2D eigenvalue weighted by molar-refractivity contribution is 0.112. The van der Waals surface area contributed by atoms with Crippen LogP contribution in [0.15, 0.2) is 24.3 Å². The highest BCUT2D eigenvalue weighted by Gasteiger charge is 2.11. The fraction of sp³-hybridized carbons (Fsp3) is 0. The van der Waals surface area contributed by atoms with Crippen LogP contribution in [-0.2, 0) is 0 Å². The number of nitrogen functional groups attached to an aromatic ring is 1. The van der Waals surface area contributed by atoms with Crippen LogP contribution in [0.2, 0.25) is 0 Å². The van der Waals surface area contributed by atoms with Gasteiger partial charge in [-0.2, -0.15) is 4.37 Å². The molecule has 0 atom stereocenters. The monoisotopic (exact) mass is 222 g/mol. The molecule has 2 aromatic rings. The minimum Gasteiger partial charge on any atom is -0.396 e. The molecule has 76 valence electrons. The van der Waals surface area contributed by atoms with E-state index in [1.807, 2.05) is 0 Å². The van der Waals surface area contributed by atoms with E-state index in [1.165, 1.54) is 12.1 Å². The van der Waals surface area contributed by atoms with E-state index in [-0.39, 0.29) is 5.82 Å². The minimum atomic E-state index is -0.317. The van der Waals surface area contributed by atoms with E-state index in [0.29, 0.717) is 28.1 Å². The summed E-state index contributed by atoms with van der Waals surface area (Å²) in [7, 11) is 0. The number of carbonyl (C=O) groups is 1. The highest BCUT2D eigenvalue weighted by Crippen LogP contribution is 2.29. The highest BCUT2D eigenvalue weighted by atomic mass is 32.1. The Morgan fingerprint density at radius 1 is 1.33 bits per heavy atom. The maximum absolute atomic E-state index is 12.7. The fourth-order valence-corrected chi connectivity index (χ4v) is 1.84. The van der Waals surface area contributed by atoms with Gasteiger partial charge in [0.1, 0.15) is 16.4 Å². The van der Waals surface area contributed by atoms with Gasteiger partial charge in [-0.05, 0) is 35.8 Å². The molecule has 1 aromatic heterocycles. The summed E-state index contributed by atoms with van der Waals surface area (Å²) in [5.41, 5.74) is 7.29. The van der Waals surface area contributed by atoms with E-state index in [1.54, 1.807) is 12.1 Å². The molecule has 0 saturated heterocycles. The van der Waals surface area contributed by atoms with Crippen LogP contribution in [0.4, 0.5) is 10.1 Å². The van der Waals surface area contributed by atoms with Gasteiger partial charge in [0, 0.05) is 5.56 Å². The zero-order valence-electron chi connectivity index (χ0n) is 7.61. The lowest BCUT2D eigenvalue weighted by atomic mass is 10.1. The number of nitrogens with zero attached hydrogens (tertiary/aromatic N) is 1. The quantitative estimate of drug-likeness (QED) is 0.793. The molecule has 0 unspecified atom stereocenters. The summed E-state index contributed by atoms with van der Waals surface area (Å²) in [5, 5.41) is 0. The molecule has 0 radical (unpaired) electrons. The van der Waals surface area contributed by atoms with E-state index >= 15 is 0 Å². The maximum Gasteiger partial charge on any atom is 0.163 e. The zero-order valence-corrected chi connectivity index (χ0v) is 8.42. The van der Waals surface area contributed by atoms with E-state index in [2.05, 4.69) is 4.37 Å². The molecule has 2 rings (SSSR count). The number of anilines is 1. The summed E-state index contributed by atoms with van der Waals surface area (Å²) in [6.45, 7) is 0. The Morgan fingerprint density at radius 3 is 2.53 bits per heavy atom. The van der Waals surface area contributed by atoms with Crippen LogP contribution >= 0.6 is 11.5 Å². The average molecular weight is 222 g/mol. The standard InChI is InChI=1S/C10H7FN2OS/c11-7-3-1-6(2-4-7)10-9(12)8(5-14)15-13-10/h1-5H,12H2. The van der Waals surface area contributed by atoms with E-state index < -0.39 is 0 Å². The van der Waals surface area contributed by atoms with Gasteiger partial charge in [-0.15, -0.1) is 0 Å². The first-order valence-electron chi connectivity index (χ1n) is 4.18. The molecule has 0 aliphatic carbocycles. The predicted molar refractivity (Wildman–Crippen MR) is 57.3 cm³/mol. The van der Waals surface area contributed by atoms with Gasteiger partial charge in [0.05, 0.1) is 5.69 Å². The van der Waals surface area contributed by atoms with E-state index in [0.717, 1.165) is 11.5 Å². The van der Waals surface area contributed by atoms with Gasteiger partial charge in [0.15, 0.2) is 6.29 Å². The maximum atomic E-state index is 12.7. The molecule has 0 fully saturated rings. The molecule has 3 nitrogen and oxygen atoms in total. The largest absolute Gasteiger partial charge is 0.396 e. The highest BCUT2D eigenvalue weighted by molar-refractivity contribution is 7.08. The normalized spacial score (nSPS) is 10.2. The number of hydrogen-bond acceptors (Lipinski definition) is 4. The molecule has 15 heavy (non-hydrogen) atoms. The Balaban J connectivity index is 2.49. The number of benzene rings is 1. The predicted octanol–water partition coefficient (Wildman–Crippen LogP) is 2.34. The summed E-state index contributed by atoms with van der Waals surface area (Å²) >= 11 is 1.04. The van der Waals surface area contributed by atoms with Crippen molar-refractivity contribution in [3.63, 3.8) is 0 Å². The van der Waals surface area contributed by atoms with Crippen molar-refractivity contribution in [3.05, 3.63) is 35.0 Å². The summed E-state index contributed by atoms with van der Waals surface area (Å²) in [6.07, 6.45) is 0.667. The summed E-state index contributed by atoms with van der Waals surface area (Å²) in [4.78, 5) is 11.0. The minimum absolute atomic E-state index is 0.317. The molecule has 2 N–H and O–H groups in total. The van der Waals surface area contributed by atoms with Crippen molar-refractivity contribution in [1.29, 1.82) is 0 Å². The van der Waals surface area contributed by atoms with Gasteiger partial charge in [-0.3, -0.25) is 4.79 Å². The third-order valence-electron chi connectivity index (χ3n) is 1.98. The first kappa shape index (κ1) is 9.79. The number of carbonyl (C=O) groups excluding carboxylic acids is 1. The molecule has 0 aliphatic heterocycles. The second-order valence-corrected chi connectivity index (χ2v) is 3.74. The Kier molecular flexibility index (Phi) is 2.47. The first-order chi connectivity index (χ1) is 7.22. The second kappa shape index (κ2) is 3.78. The van der Waals surface area contributed by atoms with Gasteiger partial charge in [0.2, 0.25) is 0 Å². The number of rotatable bonds is 2.